The lowest BCUT2D eigenvalue weighted by Gasteiger charge is -2.18. The molecule has 0 heterocycles. The van der Waals surface area contributed by atoms with Crippen molar-refractivity contribution < 1.29 is 8.42 Å². The molecule has 5 nitrogen and oxygen atoms in total. The molecule has 0 aromatic heterocycles. The highest BCUT2D eigenvalue weighted by Crippen LogP contribution is 2.45. The quantitative estimate of drug-likeness (QED) is 0.715. The van der Waals surface area contributed by atoms with Gasteiger partial charge in [0, 0.05) is 5.69 Å². The minimum atomic E-state index is -3.24. The molecule has 1 fully saturated rings. The first-order chi connectivity index (χ1) is 8.31. The Morgan fingerprint density at radius 3 is 2.28 bits per heavy atom. The van der Waals surface area contributed by atoms with Crippen LogP contribution >= 0.6 is 12.2 Å². The summed E-state index contributed by atoms with van der Waals surface area (Å²) in [4.78, 5) is 0. The van der Waals surface area contributed by atoms with Crippen molar-refractivity contribution in [3.8, 4) is 0 Å². The monoisotopic (exact) mass is 285 g/mol. The first-order valence-electron chi connectivity index (χ1n) is 5.47. The molecule has 4 N–H and O–H groups in total. The highest BCUT2D eigenvalue weighted by atomic mass is 32.2. The van der Waals surface area contributed by atoms with Crippen LogP contribution in [-0.4, -0.2) is 19.8 Å². The second kappa shape index (κ2) is 4.40. The van der Waals surface area contributed by atoms with E-state index in [0.29, 0.717) is 5.69 Å². The van der Waals surface area contributed by atoms with Crippen molar-refractivity contribution in [3.63, 3.8) is 0 Å². The summed E-state index contributed by atoms with van der Waals surface area (Å²) in [6.45, 7) is 0. The number of nitrogens with one attached hydrogen (secondary N) is 2. The maximum atomic E-state index is 11.1. The number of anilines is 1. The third kappa shape index (κ3) is 3.11. The average Bonchev–Trinajstić information content (AvgIpc) is 2.96. The molecule has 18 heavy (non-hydrogen) atoms. The molecule has 0 unspecified atom stereocenters. The Kier molecular flexibility index (Phi) is 3.20. The van der Waals surface area contributed by atoms with Crippen LogP contribution in [0, 0.1) is 0 Å². The molecule has 0 atom stereocenters. The fourth-order valence-corrected chi connectivity index (χ4v) is 2.68. The Morgan fingerprint density at radius 2 is 1.89 bits per heavy atom. The van der Waals surface area contributed by atoms with Crippen molar-refractivity contribution in [1.82, 2.24) is 5.32 Å². The lowest BCUT2D eigenvalue weighted by molar-refractivity contribution is 0.607. The van der Waals surface area contributed by atoms with Gasteiger partial charge in [-0.15, -0.1) is 0 Å². The summed E-state index contributed by atoms with van der Waals surface area (Å²) in [5.41, 5.74) is 6.95. The molecule has 0 bridgehead atoms. The molecule has 7 heteroatoms. The Balaban J connectivity index is 2.16. The van der Waals surface area contributed by atoms with E-state index in [-0.39, 0.29) is 10.7 Å². The molecule has 1 aliphatic rings. The van der Waals surface area contributed by atoms with Gasteiger partial charge in [0.1, 0.15) is 0 Å². The topological polar surface area (TPSA) is 84.2 Å². The van der Waals surface area contributed by atoms with Crippen LogP contribution in [0.1, 0.15) is 18.4 Å². The fraction of sp³-hybridized carbons (Fsp3) is 0.364. The van der Waals surface area contributed by atoms with Crippen molar-refractivity contribution in [1.29, 1.82) is 0 Å². The Morgan fingerprint density at radius 1 is 1.33 bits per heavy atom. The fourth-order valence-electron chi connectivity index (χ4n) is 1.92. The molecule has 1 aromatic carbocycles. The van der Waals surface area contributed by atoms with E-state index in [2.05, 4.69) is 10.0 Å². The van der Waals surface area contributed by atoms with Gasteiger partial charge in [-0.3, -0.25) is 4.72 Å². The van der Waals surface area contributed by atoms with Crippen LogP contribution in [0.15, 0.2) is 24.3 Å². The van der Waals surface area contributed by atoms with Gasteiger partial charge in [0.25, 0.3) is 0 Å². The van der Waals surface area contributed by atoms with Gasteiger partial charge in [-0.05, 0) is 42.8 Å². The van der Waals surface area contributed by atoms with Crippen LogP contribution in [0.2, 0.25) is 0 Å². The molecule has 1 aliphatic carbocycles. The lowest BCUT2D eigenvalue weighted by atomic mass is 10.0. The predicted molar refractivity (Wildman–Crippen MR) is 75.7 cm³/mol. The minimum Gasteiger partial charge on any atom is -0.376 e. The van der Waals surface area contributed by atoms with Gasteiger partial charge < -0.3 is 11.1 Å². The van der Waals surface area contributed by atoms with E-state index in [4.69, 9.17) is 18.0 Å². The first kappa shape index (κ1) is 13.1. The molecule has 0 amide bonds. The Labute approximate surface area is 112 Å². The van der Waals surface area contributed by atoms with Crippen molar-refractivity contribution in [2.45, 2.75) is 18.4 Å². The van der Waals surface area contributed by atoms with Gasteiger partial charge in [0.15, 0.2) is 5.11 Å². The normalized spacial score (nSPS) is 16.9. The third-order valence-corrected chi connectivity index (χ3v) is 3.56. The molecule has 1 aromatic rings. The largest absolute Gasteiger partial charge is 0.376 e. The van der Waals surface area contributed by atoms with Gasteiger partial charge >= 0.3 is 0 Å². The second-order valence-corrected chi connectivity index (χ2v) is 6.71. The van der Waals surface area contributed by atoms with Crippen LogP contribution < -0.4 is 15.8 Å². The number of hydrogen-bond donors (Lipinski definition) is 3. The molecule has 98 valence electrons. The SMILES string of the molecule is CS(=O)(=O)Nc1ccc(C2(NC(N)=S)CC2)cc1. The number of benzene rings is 1. The zero-order chi connectivity index (χ0) is 13.4. The van der Waals surface area contributed by atoms with Gasteiger partial charge in [0.2, 0.25) is 10.0 Å². The molecule has 0 radical (unpaired) electrons. The van der Waals surface area contributed by atoms with Gasteiger partial charge in [-0.2, -0.15) is 0 Å². The van der Waals surface area contributed by atoms with Crippen LogP contribution in [-0.2, 0) is 15.6 Å². The Hall–Kier alpha value is -1.34. The van der Waals surface area contributed by atoms with E-state index in [0.717, 1.165) is 24.7 Å². The predicted octanol–water partition coefficient (Wildman–Crippen LogP) is 0.880. The summed E-state index contributed by atoms with van der Waals surface area (Å²) < 4.78 is 24.6. The van der Waals surface area contributed by atoms with E-state index in [1.807, 2.05) is 12.1 Å². The van der Waals surface area contributed by atoms with Gasteiger partial charge in [-0.25, -0.2) is 8.42 Å². The summed E-state index contributed by atoms with van der Waals surface area (Å²) in [6, 6.07) is 7.23. The summed E-state index contributed by atoms with van der Waals surface area (Å²) in [5, 5.41) is 3.37. The maximum Gasteiger partial charge on any atom is 0.229 e. The number of rotatable bonds is 4. The number of hydrogen-bond acceptors (Lipinski definition) is 3. The van der Waals surface area contributed by atoms with E-state index < -0.39 is 10.0 Å². The van der Waals surface area contributed by atoms with E-state index >= 15 is 0 Å². The molecule has 0 spiro atoms. The minimum absolute atomic E-state index is 0.157. The number of sulfonamides is 1. The zero-order valence-corrected chi connectivity index (χ0v) is 11.6. The van der Waals surface area contributed by atoms with Crippen LogP contribution in [0.4, 0.5) is 5.69 Å². The van der Waals surface area contributed by atoms with Crippen molar-refractivity contribution in [2.24, 2.45) is 5.73 Å². The zero-order valence-electron chi connectivity index (χ0n) is 9.93. The summed E-state index contributed by atoms with van der Waals surface area (Å²) in [6.07, 6.45) is 3.07. The highest BCUT2D eigenvalue weighted by Gasteiger charge is 2.44. The lowest BCUT2D eigenvalue weighted by Crippen LogP contribution is -2.38. The first-order valence-corrected chi connectivity index (χ1v) is 7.77. The molecule has 1 saturated carbocycles. The van der Waals surface area contributed by atoms with E-state index in [1.54, 1.807) is 12.1 Å². The maximum absolute atomic E-state index is 11.1. The van der Waals surface area contributed by atoms with Crippen LogP contribution in [0.25, 0.3) is 0 Å². The standard InChI is InChI=1S/C11H15N3O2S2/c1-18(15,16)14-9-4-2-8(3-5-9)11(6-7-11)13-10(12)17/h2-5,14H,6-7H2,1H3,(H3,12,13,17). The van der Waals surface area contributed by atoms with Crippen LogP contribution in [0.5, 0.6) is 0 Å². The van der Waals surface area contributed by atoms with Crippen molar-refractivity contribution >= 4 is 33.0 Å². The summed E-state index contributed by atoms with van der Waals surface area (Å²) >= 11 is 4.86. The second-order valence-electron chi connectivity index (χ2n) is 4.52. The number of thiocarbonyl (C=S) groups is 1. The van der Waals surface area contributed by atoms with E-state index in [1.165, 1.54) is 0 Å². The van der Waals surface area contributed by atoms with Gasteiger partial charge in [0.05, 0.1) is 11.8 Å². The van der Waals surface area contributed by atoms with Crippen molar-refractivity contribution in [2.75, 3.05) is 11.0 Å². The van der Waals surface area contributed by atoms with Crippen molar-refractivity contribution in [3.05, 3.63) is 29.8 Å². The summed E-state index contributed by atoms with van der Waals surface area (Å²) in [5.74, 6) is 0. The molecule has 0 aliphatic heterocycles. The smallest absolute Gasteiger partial charge is 0.229 e. The van der Waals surface area contributed by atoms with Crippen LogP contribution in [0.3, 0.4) is 0 Å². The third-order valence-electron chi connectivity index (χ3n) is 2.85. The average molecular weight is 285 g/mol. The molecular formula is C11H15N3O2S2. The van der Waals surface area contributed by atoms with Gasteiger partial charge in [-0.1, -0.05) is 12.1 Å². The molecule has 0 saturated heterocycles. The summed E-state index contributed by atoms with van der Waals surface area (Å²) in [7, 11) is -3.24. The number of nitrogens with two attached hydrogens (primary N) is 1. The van der Waals surface area contributed by atoms with E-state index in [9.17, 15) is 8.42 Å². The Bertz CT molecular complexity index is 562. The molecule has 2 rings (SSSR count). The highest BCUT2D eigenvalue weighted by molar-refractivity contribution is 7.92. The molecular weight excluding hydrogens is 270 g/mol.